The minimum Gasteiger partial charge on any atom is -0.491 e. The van der Waals surface area contributed by atoms with Crippen LogP contribution in [-0.4, -0.2) is 46.2 Å². The Balaban J connectivity index is 1.60. The van der Waals surface area contributed by atoms with E-state index in [1.807, 2.05) is 13.8 Å². The van der Waals surface area contributed by atoms with Gasteiger partial charge in [-0.15, -0.1) is 11.3 Å². The maximum absolute atomic E-state index is 13.0. The summed E-state index contributed by atoms with van der Waals surface area (Å²) in [6.45, 7) is 4.94. The molecule has 0 radical (unpaired) electrons. The first-order valence-corrected chi connectivity index (χ1v) is 9.52. The largest absolute Gasteiger partial charge is 0.491 e. The van der Waals surface area contributed by atoms with E-state index in [1.165, 1.54) is 23.5 Å². The number of rotatable bonds is 4. The van der Waals surface area contributed by atoms with Crippen LogP contribution in [0.1, 0.15) is 39.6 Å². The van der Waals surface area contributed by atoms with E-state index >= 15 is 0 Å². The van der Waals surface area contributed by atoms with Gasteiger partial charge in [0.1, 0.15) is 28.7 Å². The number of carbonyl (C=O) groups is 1. The maximum atomic E-state index is 13.0. The summed E-state index contributed by atoms with van der Waals surface area (Å²) in [5.74, 6) is 0.179. The smallest absolute Gasteiger partial charge is 0.265 e. The number of thiazole rings is 1. The third-order valence-electron chi connectivity index (χ3n) is 4.62. The number of benzene rings is 1. The molecule has 7 heteroatoms. The lowest BCUT2D eigenvalue weighted by Gasteiger charge is -2.27. The molecule has 5 nitrogen and oxygen atoms in total. The maximum Gasteiger partial charge on any atom is 0.265 e. The monoisotopic (exact) mass is 378 g/mol. The fraction of sp³-hybridized carbons (Fsp3) is 0.474. The van der Waals surface area contributed by atoms with Crippen LogP contribution in [0.3, 0.4) is 0 Å². The second kappa shape index (κ2) is 7.72. The van der Waals surface area contributed by atoms with E-state index in [0.717, 1.165) is 10.7 Å². The molecule has 1 fully saturated rings. The Kier molecular flexibility index (Phi) is 5.58. The molecule has 0 spiro atoms. The van der Waals surface area contributed by atoms with E-state index in [2.05, 4.69) is 4.98 Å². The van der Waals surface area contributed by atoms with Crippen molar-refractivity contribution in [1.29, 1.82) is 0 Å². The van der Waals surface area contributed by atoms with Crippen LogP contribution in [0.5, 0.6) is 5.75 Å². The molecule has 2 aromatic rings. The van der Waals surface area contributed by atoms with Gasteiger partial charge in [0.15, 0.2) is 0 Å². The lowest BCUT2D eigenvalue weighted by molar-refractivity contribution is -0.0163. The van der Waals surface area contributed by atoms with Crippen LogP contribution in [-0.2, 0) is 0 Å². The van der Waals surface area contributed by atoms with Gasteiger partial charge in [-0.25, -0.2) is 9.37 Å². The zero-order chi connectivity index (χ0) is 18.7. The van der Waals surface area contributed by atoms with Crippen LogP contribution in [0.2, 0.25) is 0 Å². The fourth-order valence-electron chi connectivity index (χ4n) is 3.15. The number of aliphatic hydroxyl groups is 1. The number of hydrogen-bond acceptors (Lipinski definition) is 5. The summed E-state index contributed by atoms with van der Waals surface area (Å²) in [5, 5.41) is 11.7. The number of aromatic nitrogens is 1. The normalized spacial score (nSPS) is 20.7. The first kappa shape index (κ1) is 18.8. The van der Waals surface area contributed by atoms with E-state index in [4.69, 9.17) is 4.74 Å². The second-order valence-electron chi connectivity index (χ2n) is 6.76. The van der Waals surface area contributed by atoms with Crippen molar-refractivity contribution < 1.29 is 19.0 Å². The number of ether oxygens (including phenoxy) is 1. The second-order valence-corrected chi connectivity index (χ2v) is 7.96. The van der Waals surface area contributed by atoms with Gasteiger partial charge in [0.25, 0.3) is 5.91 Å². The van der Waals surface area contributed by atoms with E-state index in [9.17, 15) is 14.3 Å². The third-order valence-corrected chi connectivity index (χ3v) is 5.68. The molecule has 1 aliphatic rings. The highest BCUT2D eigenvalue weighted by Gasteiger charge is 2.33. The van der Waals surface area contributed by atoms with Crippen LogP contribution in [0.15, 0.2) is 24.3 Å². The average Bonchev–Trinajstić information content (AvgIpc) is 2.83. The van der Waals surface area contributed by atoms with E-state index in [-0.39, 0.29) is 18.3 Å². The molecule has 1 N–H and O–H groups in total. The Morgan fingerprint density at radius 1 is 1.31 bits per heavy atom. The Labute approximate surface area is 156 Å². The van der Waals surface area contributed by atoms with Crippen LogP contribution >= 0.6 is 11.3 Å². The molecule has 26 heavy (non-hydrogen) atoms. The molecular weight excluding hydrogens is 355 g/mol. The molecule has 1 unspecified atom stereocenters. The van der Waals surface area contributed by atoms with Crippen LogP contribution in [0.4, 0.5) is 4.39 Å². The summed E-state index contributed by atoms with van der Waals surface area (Å²) in [4.78, 5) is 19.5. The summed E-state index contributed by atoms with van der Waals surface area (Å²) < 4.78 is 18.6. The van der Waals surface area contributed by atoms with Crippen molar-refractivity contribution in [3.8, 4) is 5.75 Å². The minimum atomic E-state index is -0.998. The van der Waals surface area contributed by atoms with Crippen molar-refractivity contribution in [2.45, 2.75) is 38.7 Å². The van der Waals surface area contributed by atoms with Crippen LogP contribution in [0, 0.1) is 19.7 Å². The van der Waals surface area contributed by atoms with Gasteiger partial charge >= 0.3 is 0 Å². The number of hydrogen-bond donors (Lipinski definition) is 1. The van der Waals surface area contributed by atoms with Gasteiger partial charge in [-0.2, -0.15) is 0 Å². The highest BCUT2D eigenvalue weighted by molar-refractivity contribution is 7.13. The summed E-state index contributed by atoms with van der Waals surface area (Å²) >= 11 is 1.41. The number of nitrogens with zero attached hydrogens (tertiary/aromatic N) is 2. The number of halogens is 1. The molecule has 1 saturated heterocycles. The van der Waals surface area contributed by atoms with E-state index in [1.54, 1.807) is 17.0 Å². The number of likely N-dealkylation sites (tertiary alicyclic amines) is 1. The van der Waals surface area contributed by atoms with Crippen molar-refractivity contribution in [3.63, 3.8) is 0 Å². The quantitative estimate of drug-likeness (QED) is 0.886. The van der Waals surface area contributed by atoms with Gasteiger partial charge in [-0.1, -0.05) is 0 Å². The highest BCUT2D eigenvalue weighted by Crippen LogP contribution is 2.26. The zero-order valence-corrected chi connectivity index (χ0v) is 15.8. The molecule has 0 bridgehead atoms. The molecule has 1 aliphatic heterocycles. The molecule has 2 heterocycles. The fourth-order valence-corrected chi connectivity index (χ4v) is 4.04. The van der Waals surface area contributed by atoms with Crippen LogP contribution in [0.25, 0.3) is 0 Å². The Morgan fingerprint density at radius 2 is 2.04 bits per heavy atom. The van der Waals surface area contributed by atoms with Crippen molar-refractivity contribution in [2.24, 2.45) is 0 Å². The van der Waals surface area contributed by atoms with Crippen molar-refractivity contribution >= 4 is 17.2 Å². The number of aryl methyl sites for hydroxylation is 2. The van der Waals surface area contributed by atoms with Gasteiger partial charge in [0.2, 0.25) is 0 Å². The molecule has 0 aliphatic carbocycles. The lowest BCUT2D eigenvalue weighted by atomic mass is 9.96. The molecule has 3 rings (SSSR count). The average molecular weight is 378 g/mol. The lowest BCUT2D eigenvalue weighted by Crippen LogP contribution is -2.38. The van der Waals surface area contributed by atoms with Gasteiger partial charge in [0.05, 0.1) is 10.7 Å². The molecule has 1 atom stereocenters. The predicted molar refractivity (Wildman–Crippen MR) is 98.2 cm³/mol. The Morgan fingerprint density at radius 3 is 2.69 bits per heavy atom. The van der Waals surface area contributed by atoms with Gasteiger partial charge in [-0.05, 0) is 57.4 Å². The highest BCUT2D eigenvalue weighted by atomic mass is 32.1. The molecule has 1 amide bonds. The standard InChI is InChI=1S/C19H23FN2O3S/c1-13-17(26-14(2)21-13)18(23)22-10-3-8-19(24,9-11-22)12-25-16-6-4-15(20)5-7-16/h4-7,24H,3,8-12H2,1-2H3. The van der Waals surface area contributed by atoms with Crippen molar-refractivity contribution in [2.75, 3.05) is 19.7 Å². The molecule has 140 valence electrons. The van der Waals surface area contributed by atoms with E-state index < -0.39 is 5.60 Å². The van der Waals surface area contributed by atoms with Crippen molar-refractivity contribution in [3.05, 3.63) is 45.7 Å². The van der Waals surface area contributed by atoms with Crippen molar-refractivity contribution in [1.82, 2.24) is 9.88 Å². The first-order valence-electron chi connectivity index (χ1n) is 8.70. The molecule has 0 saturated carbocycles. The first-order chi connectivity index (χ1) is 12.4. The summed E-state index contributed by atoms with van der Waals surface area (Å²) in [7, 11) is 0. The Hall–Kier alpha value is -1.99. The molecular formula is C19H23FN2O3S. The molecule has 1 aromatic heterocycles. The number of amides is 1. The van der Waals surface area contributed by atoms with Gasteiger partial charge in [-0.3, -0.25) is 4.79 Å². The predicted octanol–water partition coefficient (Wildman–Crippen LogP) is 3.34. The van der Waals surface area contributed by atoms with E-state index in [0.29, 0.717) is 43.0 Å². The SMILES string of the molecule is Cc1nc(C)c(C(=O)N2CCCC(O)(COc3ccc(F)cc3)CC2)s1. The van der Waals surface area contributed by atoms with Gasteiger partial charge < -0.3 is 14.7 Å². The number of carbonyl (C=O) groups excluding carboxylic acids is 1. The van der Waals surface area contributed by atoms with Crippen LogP contribution < -0.4 is 4.74 Å². The summed E-state index contributed by atoms with van der Waals surface area (Å²) in [6.07, 6.45) is 1.70. The summed E-state index contributed by atoms with van der Waals surface area (Å²) in [6, 6.07) is 5.73. The topological polar surface area (TPSA) is 62.7 Å². The molecule has 1 aromatic carbocycles. The Bertz CT molecular complexity index is 778. The zero-order valence-electron chi connectivity index (χ0n) is 15.0. The van der Waals surface area contributed by atoms with Gasteiger partial charge in [0, 0.05) is 13.1 Å². The minimum absolute atomic E-state index is 0.0168. The third kappa shape index (κ3) is 4.40. The summed E-state index contributed by atoms with van der Waals surface area (Å²) in [5.41, 5.74) is -0.237.